The molecule has 0 spiro atoms. The van der Waals surface area contributed by atoms with E-state index < -0.39 is 0 Å². The highest BCUT2D eigenvalue weighted by Gasteiger charge is 2.16. The van der Waals surface area contributed by atoms with Crippen molar-refractivity contribution in [1.29, 1.82) is 0 Å². The zero-order chi connectivity index (χ0) is 17.3. The Bertz CT molecular complexity index is 860. The van der Waals surface area contributed by atoms with Gasteiger partial charge < -0.3 is 13.9 Å². The molecule has 0 bridgehead atoms. The third-order valence-corrected chi connectivity index (χ3v) is 3.89. The van der Waals surface area contributed by atoms with E-state index in [-0.39, 0.29) is 6.03 Å². The Labute approximate surface area is 139 Å². The lowest BCUT2D eigenvalue weighted by atomic mass is 10.2. The first kappa shape index (κ1) is 15.9. The van der Waals surface area contributed by atoms with Crippen molar-refractivity contribution in [2.24, 2.45) is 14.1 Å². The predicted molar refractivity (Wildman–Crippen MR) is 89.3 cm³/mol. The van der Waals surface area contributed by atoms with Crippen LogP contribution in [0.2, 0.25) is 0 Å². The van der Waals surface area contributed by atoms with Crippen LogP contribution in [0.25, 0.3) is 11.5 Å². The van der Waals surface area contributed by atoms with Crippen LogP contribution in [0.1, 0.15) is 11.3 Å². The lowest BCUT2D eigenvalue weighted by molar-refractivity contribution is 0.220. The molecule has 3 rings (SSSR count). The highest BCUT2D eigenvalue weighted by molar-refractivity contribution is 5.88. The fourth-order valence-electron chi connectivity index (χ4n) is 2.41. The molecule has 0 fully saturated rings. The SMILES string of the molecule is Cc1occc1CN(C)C(=O)Nc1cc(-c2nccn2C)nn1C. The van der Waals surface area contributed by atoms with Gasteiger partial charge in [0, 0.05) is 45.2 Å². The van der Waals surface area contributed by atoms with Gasteiger partial charge in [-0.2, -0.15) is 5.10 Å². The van der Waals surface area contributed by atoms with Crippen LogP contribution in [0.4, 0.5) is 10.6 Å². The normalized spacial score (nSPS) is 10.8. The van der Waals surface area contributed by atoms with E-state index in [2.05, 4.69) is 15.4 Å². The number of carbonyl (C=O) groups excluding carboxylic acids is 1. The fraction of sp³-hybridized carbons (Fsp3) is 0.312. The van der Waals surface area contributed by atoms with E-state index in [0.29, 0.717) is 18.1 Å². The molecule has 3 aromatic heterocycles. The van der Waals surface area contributed by atoms with Crippen LogP contribution in [0, 0.1) is 6.92 Å². The summed E-state index contributed by atoms with van der Waals surface area (Å²) < 4.78 is 8.76. The highest BCUT2D eigenvalue weighted by atomic mass is 16.3. The van der Waals surface area contributed by atoms with Crippen LogP contribution in [0.15, 0.2) is 35.2 Å². The van der Waals surface area contributed by atoms with Gasteiger partial charge in [0.15, 0.2) is 5.82 Å². The number of carbonyl (C=O) groups is 1. The Kier molecular flexibility index (Phi) is 4.11. The van der Waals surface area contributed by atoms with Crippen LogP contribution >= 0.6 is 0 Å². The molecule has 0 aliphatic heterocycles. The van der Waals surface area contributed by atoms with E-state index in [9.17, 15) is 4.79 Å². The van der Waals surface area contributed by atoms with Gasteiger partial charge in [0.25, 0.3) is 0 Å². The molecule has 0 aliphatic rings. The molecule has 0 atom stereocenters. The van der Waals surface area contributed by atoms with Gasteiger partial charge in [-0.05, 0) is 13.0 Å². The first-order chi connectivity index (χ1) is 11.5. The molecule has 0 aliphatic carbocycles. The summed E-state index contributed by atoms with van der Waals surface area (Å²) in [6, 6.07) is 3.45. The number of furan rings is 1. The second kappa shape index (κ2) is 6.23. The zero-order valence-electron chi connectivity index (χ0n) is 14.1. The molecule has 8 nitrogen and oxygen atoms in total. The van der Waals surface area contributed by atoms with Gasteiger partial charge in [0.05, 0.1) is 12.8 Å². The number of anilines is 1. The summed E-state index contributed by atoms with van der Waals surface area (Å²) in [6.45, 7) is 2.35. The van der Waals surface area contributed by atoms with E-state index in [0.717, 1.165) is 17.1 Å². The summed E-state index contributed by atoms with van der Waals surface area (Å²) in [6.07, 6.45) is 5.18. The molecule has 0 unspecified atom stereocenters. The van der Waals surface area contributed by atoms with Crippen LogP contribution in [0.5, 0.6) is 0 Å². The minimum absolute atomic E-state index is 0.218. The zero-order valence-corrected chi connectivity index (χ0v) is 14.1. The molecule has 2 amide bonds. The standard InChI is InChI=1S/C16H20N6O2/c1-11-12(5-8-24-11)10-21(3)16(23)18-14-9-13(19-22(14)4)15-17-6-7-20(15)2/h5-9H,10H2,1-4H3,(H,18,23). The van der Waals surface area contributed by atoms with Crippen molar-refractivity contribution in [2.75, 3.05) is 12.4 Å². The first-order valence-electron chi connectivity index (χ1n) is 7.52. The molecule has 24 heavy (non-hydrogen) atoms. The Balaban J connectivity index is 1.71. The Morgan fingerprint density at radius 2 is 2.21 bits per heavy atom. The topological polar surface area (TPSA) is 81.1 Å². The molecular weight excluding hydrogens is 308 g/mol. The molecule has 3 heterocycles. The molecule has 0 radical (unpaired) electrons. The maximum Gasteiger partial charge on any atom is 0.323 e. The predicted octanol–water partition coefficient (Wildman–Crippen LogP) is 2.39. The van der Waals surface area contributed by atoms with E-state index in [1.807, 2.05) is 30.8 Å². The van der Waals surface area contributed by atoms with Crippen LogP contribution < -0.4 is 5.32 Å². The molecular formula is C16H20N6O2. The minimum Gasteiger partial charge on any atom is -0.469 e. The van der Waals surface area contributed by atoms with Crippen molar-refractivity contribution in [1.82, 2.24) is 24.2 Å². The second-order valence-electron chi connectivity index (χ2n) is 5.69. The molecule has 3 aromatic rings. The third-order valence-electron chi connectivity index (χ3n) is 3.89. The average molecular weight is 328 g/mol. The van der Waals surface area contributed by atoms with Gasteiger partial charge in [-0.25, -0.2) is 9.78 Å². The summed E-state index contributed by atoms with van der Waals surface area (Å²) in [5.41, 5.74) is 1.68. The largest absolute Gasteiger partial charge is 0.469 e. The van der Waals surface area contributed by atoms with E-state index in [4.69, 9.17) is 4.42 Å². The van der Waals surface area contributed by atoms with Crippen molar-refractivity contribution in [3.8, 4) is 11.5 Å². The monoisotopic (exact) mass is 328 g/mol. The summed E-state index contributed by atoms with van der Waals surface area (Å²) >= 11 is 0. The lowest BCUT2D eigenvalue weighted by Crippen LogP contribution is -2.31. The maximum atomic E-state index is 12.4. The van der Waals surface area contributed by atoms with Gasteiger partial charge in [-0.1, -0.05) is 0 Å². The van der Waals surface area contributed by atoms with Crippen molar-refractivity contribution in [3.05, 3.63) is 42.1 Å². The number of amides is 2. The number of nitrogens with one attached hydrogen (secondary N) is 1. The molecule has 1 N–H and O–H groups in total. The molecule has 0 aromatic carbocycles. The van der Waals surface area contributed by atoms with Gasteiger partial charge in [-0.3, -0.25) is 10.00 Å². The van der Waals surface area contributed by atoms with Crippen molar-refractivity contribution >= 4 is 11.8 Å². The highest BCUT2D eigenvalue weighted by Crippen LogP contribution is 2.20. The Hall–Kier alpha value is -3.03. The minimum atomic E-state index is -0.218. The number of nitrogens with zero attached hydrogens (tertiary/aromatic N) is 5. The van der Waals surface area contributed by atoms with E-state index in [1.54, 1.807) is 42.2 Å². The van der Waals surface area contributed by atoms with Gasteiger partial charge in [0.2, 0.25) is 0 Å². The van der Waals surface area contributed by atoms with Crippen LogP contribution in [-0.2, 0) is 20.6 Å². The molecule has 0 saturated heterocycles. The van der Waals surface area contributed by atoms with E-state index in [1.165, 1.54) is 0 Å². The number of hydrogen-bond donors (Lipinski definition) is 1. The number of hydrogen-bond acceptors (Lipinski definition) is 4. The fourth-order valence-corrected chi connectivity index (χ4v) is 2.41. The van der Waals surface area contributed by atoms with Crippen LogP contribution in [0.3, 0.4) is 0 Å². The Morgan fingerprint density at radius 1 is 1.42 bits per heavy atom. The number of aryl methyl sites for hydroxylation is 3. The molecule has 8 heteroatoms. The quantitative estimate of drug-likeness (QED) is 0.797. The van der Waals surface area contributed by atoms with Crippen LogP contribution in [-0.4, -0.2) is 37.3 Å². The number of rotatable bonds is 4. The third kappa shape index (κ3) is 3.03. The summed E-state index contributed by atoms with van der Waals surface area (Å²) in [7, 11) is 5.41. The summed E-state index contributed by atoms with van der Waals surface area (Å²) in [4.78, 5) is 18.2. The number of aromatic nitrogens is 4. The maximum absolute atomic E-state index is 12.4. The lowest BCUT2D eigenvalue weighted by Gasteiger charge is -2.17. The summed E-state index contributed by atoms with van der Waals surface area (Å²) in [5.74, 6) is 2.16. The van der Waals surface area contributed by atoms with Crippen molar-refractivity contribution in [2.45, 2.75) is 13.5 Å². The summed E-state index contributed by atoms with van der Waals surface area (Å²) in [5, 5.41) is 7.26. The first-order valence-corrected chi connectivity index (χ1v) is 7.52. The molecule has 0 saturated carbocycles. The number of urea groups is 1. The second-order valence-corrected chi connectivity index (χ2v) is 5.69. The molecule has 126 valence electrons. The smallest absolute Gasteiger partial charge is 0.323 e. The van der Waals surface area contributed by atoms with Crippen molar-refractivity contribution in [3.63, 3.8) is 0 Å². The van der Waals surface area contributed by atoms with Crippen molar-refractivity contribution < 1.29 is 9.21 Å². The Morgan fingerprint density at radius 3 is 2.83 bits per heavy atom. The van der Waals surface area contributed by atoms with Gasteiger partial charge in [0.1, 0.15) is 17.3 Å². The van der Waals surface area contributed by atoms with E-state index >= 15 is 0 Å². The number of imidazole rings is 1. The van der Waals surface area contributed by atoms with Gasteiger partial charge in [-0.15, -0.1) is 0 Å². The average Bonchev–Trinajstić information content (AvgIpc) is 3.22. The van der Waals surface area contributed by atoms with Gasteiger partial charge >= 0.3 is 6.03 Å².